The van der Waals surface area contributed by atoms with Crippen LogP contribution in [0.2, 0.25) is 10.0 Å². The Balaban J connectivity index is 1.53. The fourth-order valence-corrected chi connectivity index (χ4v) is 5.34. The molecule has 1 amide bonds. The maximum atomic E-state index is 12.8. The number of benzene rings is 2. The SMILES string of the molecule is CC(C)(C)OC(=O)NC(Cc1c[nH]c2ccccc12)c1nnc2n1N=C(c1ccc(Cl)cc1Cl)CS2. The Morgan fingerprint density at radius 2 is 2.03 bits per heavy atom. The van der Waals surface area contributed by atoms with Crippen molar-refractivity contribution in [3.05, 3.63) is 75.7 Å². The lowest BCUT2D eigenvalue weighted by molar-refractivity contribution is 0.0500. The van der Waals surface area contributed by atoms with Crippen LogP contribution in [0.5, 0.6) is 0 Å². The van der Waals surface area contributed by atoms with E-state index in [1.165, 1.54) is 11.8 Å². The number of amides is 1. The Labute approximate surface area is 222 Å². The monoisotopic (exact) mass is 542 g/mol. The van der Waals surface area contributed by atoms with Crippen molar-refractivity contribution in [3.63, 3.8) is 0 Å². The van der Waals surface area contributed by atoms with Crippen LogP contribution in [0.3, 0.4) is 0 Å². The van der Waals surface area contributed by atoms with Crippen LogP contribution in [0, 0.1) is 0 Å². The number of hydrogen-bond acceptors (Lipinski definition) is 6. The Kier molecular flexibility index (Phi) is 6.72. The number of carbonyl (C=O) groups is 1. The summed E-state index contributed by atoms with van der Waals surface area (Å²) in [5.74, 6) is 1.07. The number of thioether (sulfide) groups is 1. The number of fused-ring (bicyclic) bond motifs is 2. The number of hydrogen-bond donors (Lipinski definition) is 2. The normalized spacial score (nSPS) is 14.3. The first kappa shape index (κ1) is 24.7. The minimum absolute atomic E-state index is 0.457. The summed E-state index contributed by atoms with van der Waals surface area (Å²) in [5.41, 5.74) is 2.94. The van der Waals surface area contributed by atoms with Gasteiger partial charge in [0, 0.05) is 39.9 Å². The fourth-order valence-electron chi connectivity index (χ4n) is 3.99. The van der Waals surface area contributed by atoms with E-state index in [2.05, 4.69) is 20.5 Å². The van der Waals surface area contributed by atoms with Gasteiger partial charge in [0.15, 0.2) is 5.82 Å². The van der Waals surface area contributed by atoms with Crippen molar-refractivity contribution in [3.8, 4) is 0 Å². The number of halogens is 2. The van der Waals surface area contributed by atoms with Crippen molar-refractivity contribution >= 4 is 57.7 Å². The highest BCUT2D eigenvalue weighted by Gasteiger charge is 2.29. The second kappa shape index (κ2) is 9.80. The fraction of sp³-hybridized carbons (Fsp3) is 0.280. The van der Waals surface area contributed by atoms with Crippen LogP contribution < -0.4 is 5.32 Å². The van der Waals surface area contributed by atoms with E-state index in [1.54, 1.807) is 16.8 Å². The zero-order valence-corrected chi connectivity index (χ0v) is 22.2. The topological polar surface area (TPSA) is 97.2 Å². The van der Waals surface area contributed by atoms with E-state index in [0.717, 1.165) is 27.7 Å². The Morgan fingerprint density at radius 3 is 2.81 bits per heavy atom. The first-order chi connectivity index (χ1) is 17.2. The van der Waals surface area contributed by atoms with E-state index < -0.39 is 17.7 Å². The van der Waals surface area contributed by atoms with Crippen LogP contribution in [0.15, 0.2) is 58.9 Å². The lowest BCUT2D eigenvalue weighted by Crippen LogP contribution is -2.37. The molecule has 2 aromatic heterocycles. The third kappa shape index (κ3) is 5.23. The molecule has 1 unspecified atom stereocenters. The molecule has 36 heavy (non-hydrogen) atoms. The first-order valence-electron chi connectivity index (χ1n) is 11.3. The molecule has 2 N–H and O–H groups in total. The van der Waals surface area contributed by atoms with E-state index in [1.807, 2.05) is 57.3 Å². The predicted molar refractivity (Wildman–Crippen MR) is 143 cm³/mol. The summed E-state index contributed by atoms with van der Waals surface area (Å²) in [7, 11) is 0. The van der Waals surface area contributed by atoms with E-state index in [9.17, 15) is 4.79 Å². The summed E-state index contributed by atoms with van der Waals surface area (Å²) in [6, 6.07) is 12.8. The van der Waals surface area contributed by atoms with Crippen molar-refractivity contribution in [1.82, 2.24) is 25.2 Å². The number of carbonyl (C=O) groups excluding carboxylic acids is 1. The number of aromatic amines is 1. The van der Waals surface area contributed by atoms with Crippen LogP contribution >= 0.6 is 35.0 Å². The van der Waals surface area contributed by atoms with Gasteiger partial charge < -0.3 is 15.0 Å². The second-order valence-electron chi connectivity index (χ2n) is 9.37. The average Bonchev–Trinajstić information content (AvgIpc) is 3.41. The summed E-state index contributed by atoms with van der Waals surface area (Å²) < 4.78 is 7.22. The van der Waals surface area contributed by atoms with Gasteiger partial charge >= 0.3 is 6.09 Å². The summed E-state index contributed by atoms with van der Waals surface area (Å²) in [5, 5.41) is 19.3. The molecule has 11 heteroatoms. The lowest BCUT2D eigenvalue weighted by Gasteiger charge is -2.24. The Bertz CT molecular complexity index is 1470. The molecule has 1 atom stereocenters. The number of rotatable bonds is 5. The highest BCUT2D eigenvalue weighted by atomic mass is 35.5. The number of alkyl carbamates (subject to hydrolysis) is 1. The number of nitrogens with zero attached hydrogens (tertiary/aromatic N) is 4. The lowest BCUT2D eigenvalue weighted by atomic mass is 10.0. The van der Waals surface area contributed by atoms with Crippen LogP contribution in [0.4, 0.5) is 4.79 Å². The van der Waals surface area contributed by atoms with Crippen molar-refractivity contribution in [1.29, 1.82) is 0 Å². The van der Waals surface area contributed by atoms with Crippen LogP contribution in [-0.2, 0) is 11.2 Å². The van der Waals surface area contributed by atoms with Gasteiger partial charge in [0.2, 0.25) is 5.16 Å². The second-order valence-corrected chi connectivity index (χ2v) is 11.2. The van der Waals surface area contributed by atoms with Gasteiger partial charge in [-0.1, -0.05) is 59.2 Å². The quantitative estimate of drug-likeness (QED) is 0.311. The summed E-state index contributed by atoms with van der Waals surface area (Å²) in [6.45, 7) is 5.47. The zero-order valence-electron chi connectivity index (χ0n) is 19.9. The van der Waals surface area contributed by atoms with E-state index >= 15 is 0 Å². The van der Waals surface area contributed by atoms with Crippen LogP contribution in [0.25, 0.3) is 10.9 Å². The molecule has 8 nitrogen and oxygen atoms in total. The zero-order chi connectivity index (χ0) is 25.4. The molecule has 3 heterocycles. The predicted octanol–water partition coefficient (Wildman–Crippen LogP) is 6.23. The van der Waals surface area contributed by atoms with Crippen molar-refractivity contribution in [2.45, 2.75) is 44.0 Å². The minimum Gasteiger partial charge on any atom is -0.444 e. The van der Waals surface area contributed by atoms with Gasteiger partial charge in [-0.2, -0.15) is 9.78 Å². The molecule has 0 saturated heterocycles. The van der Waals surface area contributed by atoms with Gasteiger partial charge in [-0.15, -0.1) is 10.2 Å². The van der Waals surface area contributed by atoms with E-state index in [-0.39, 0.29) is 0 Å². The van der Waals surface area contributed by atoms with Gasteiger partial charge in [0.1, 0.15) is 5.60 Å². The molecule has 1 aliphatic heterocycles. The van der Waals surface area contributed by atoms with Gasteiger partial charge in [0.05, 0.1) is 16.8 Å². The number of aromatic nitrogens is 4. The first-order valence-corrected chi connectivity index (χ1v) is 13.1. The Morgan fingerprint density at radius 1 is 1.22 bits per heavy atom. The summed E-state index contributed by atoms with van der Waals surface area (Å²) in [4.78, 5) is 16.1. The Hall–Kier alpha value is -3.01. The highest BCUT2D eigenvalue weighted by Crippen LogP contribution is 2.31. The molecule has 186 valence electrons. The number of para-hydroxylation sites is 1. The molecule has 0 radical (unpaired) electrons. The van der Waals surface area contributed by atoms with E-state index in [4.69, 9.17) is 33.0 Å². The maximum Gasteiger partial charge on any atom is 0.408 e. The smallest absolute Gasteiger partial charge is 0.408 e. The molecule has 2 aromatic carbocycles. The molecule has 1 aliphatic rings. The highest BCUT2D eigenvalue weighted by molar-refractivity contribution is 7.99. The van der Waals surface area contributed by atoms with Gasteiger partial charge in [0.25, 0.3) is 0 Å². The third-order valence-electron chi connectivity index (χ3n) is 5.54. The molecule has 0 saturated carbocycles. The molecular weight excluding hydrogens is 519 g/mol. The molecular formula is C25H24Cl2N6O2S. The molecule has 0 aliphatic carbocycles. The van der Waals surface area contributed by atoms with E-state index in [0.29, 0.717) is 33.2 Å². The number of nitrogens with one attached hydrogen (secondary N) is 2. The maximum absolute atomic E-state index is 12.8. The standard InChI is InChI=1S/C25H24Cl2N6O2S/c1-25(2,3)35-24(34)29-20(10-14-12-28-19-7-5-4-6-16(14)19)22-30-31-23-33(22)32-21(13-36-23)17-9-8-15(26)11-18(17)27/h4-9,11-12,20,28H,10,13H2,1-3H3,(H,29,34). The van der Waals surface area contributed by atoms with Gasteiger partial charge in [-0.05, 0) is 44.5 Å². The van der Waals surface area contributed by atoms with Crippen molar-refractivity contribution in [2.24, 2.45) is 5.10 Å². The molecule has 0 fully saturated rings. The molecule has 0 bridgehead atoms. The largest absolute Gasteiger partial charge is 0.444 e. The minimum atomic E-state index is -0.647. The summed E-state index contributed by atoms with van der Waals surface area (Å²) in [6.07, 6.45) is 1.86. The van der Waals surface area contributed by atoms with Crippen LogP contribution in [-0.4, -0.2) is 43.0 Å². The summed E-state index contributed by atoms with van der Waals surface area (Å²) >= 11 is 14.0. The van der Waals surface area contributed by atoms with Gasteiger partial charge in [-0.25, -0.2) is 4.79 Å². The molecule has 4 aromatic rings. The van der Waals surface area contributed by atoms with Gasteiger partial charge in [-0.3, -0.25) is 0 Å². The number of H-pyrrole nitrogens is 1. The van der Waals surface area contributed by atoms with Crippen LogP contribution in [0.1, 0.15) is 43.8 Å². The third-order valence-corrected chi connectivity index (χ3v) is 7.02. The van der Waals surface area contributed by atoms with Crippen molar-refractivity contribution in [2.75, 3.05) is 5.75 Å². The van der Waals surface area contributed by atoms with Crippen molar-refractivity contribution < 1.29 is 9.53 Å². The molecule has 5 rings (SSSR count). The average molecular weight is 543 g/mol. The number of ether oxygens (including phenoxy) is 1. The molecule has 0 spiro atoms.